The van der Waals surface area contributed by atoms with Gasteiger partial charge in [0, 0.05) is 0 Å². The van der Waals surface area contributed by atoms with Crippen LogP contribution in [0.25, 0.3) is 0 Å². The van der Waals surface area contributed by atoms with E-state index in [1.807, 2.05) is 6.07 Å². The monoisotopic (exact) mass is 151 g/mol. The lowest BCUT2D eigenvalue weighted by Crippen LogP contribution is -2.32. The van der Waals surface area contributed by atoms with Crippen LogP contribution in [-0.2, 0) is 0 Å². The van der Waals surface area contributed by atoms with Gasteiger partial charge in [-0.05, 0) is 12.8 Å². The van der Waals surface area contributed by atoms with Gasteiger partial charge in [0.05, 0.1) is 17.2 Å². The smallest absolute Gasteiger partial charge is 0.0988 e. The van der Waals surface area contributed by atoms with E-state index < -0.39 is 5.60 Å². The molecule has 0 aromatic rings. The summed E-state index contributed by atoms with van der Waals surface area (Å²) in [7, 11) is 0. The molecule has 0 amide bonds. The van der Waals surface area contributed by atoms with Crippen LogP contribution in [0.5, 0.6) is 0 Å². The van der Waals surface area contributed by atoms with Gasteiger partial charge < -0.3 is 5.11 Å². The Hall–Kier alpha value is -0.810. The molecule has 0 bridgehead atoms. The highest BCUT2D eigenvalue weighted by Crippen LogP contribution is 2.32. The summed E-state index contributed by atoms with van der Waals surface area (Å²) in [5, 5.41) is 18.4. The summed E-state index contributed by atoms with van der Waals surface area (Å²) in [6.45, 7) is 3.56. The summed E-state index contributed by atoms with van der Waals surface area (Å²) < 4.78 is 0. The maximum Gasteiger partial charge on any atom is 0.0988 e. The Morgan fingerprint density at radius 2 is 1.91 bits per heavy atom. The van der Waals surface area contributed by atoms with E-state index >= 15 is 0 Å². The zero-order valence-corrected chi connectivity index (χ0v) is 6.64. The SMILES string of the molecule is C=C(C#N)C1(O)CCCCC1. The molecule has 0 heterocycles. The number of aliphatic hydroxyl groups is 1. The van der Waals surface area contributed by atoms with Gasteiger partial charge in [-0.25, -0.2) is 0 Å². The molecule has 0 spiro atoms. The normalized spacial score (nSPS) is 22.2. The van der Waals surface area contributed by atoms with E-state index in [-0.39, 0.29) is 0 Å². The molecule has 0 radical (unpaired) electrons. The van der Waals surface area contributed by atoms with E-state index in [1.165, 1.54) is 6.42 Å². The Balaban J connectivity index is 2.65. The lowest BCUT2D eigenvalue weighted by atomic mass is 9.80. The summed E-state index contributed by atoms with van der Waals surface area (Å²) in [5.41, 5.74) is -0.537. The van der Waals surface area contributed by atoms with Crippen LogP contribution in [0.1, 0.15) is 32.1 Å². The molecule has 0 unspecified atom stereocenters. The fraction of sp³-hybridized carbons (Fsp3) is 0.667. The van der Waals surface area contributed by atoms with E-state index in [4.69, 9.17) is 5.26 Å². The largest absolute Gasteiger partial charge is 0.384 e. The van der Waals surface area contributed by atoms with Gasteiger partial charge in [0.15, 0.2) is 0 Å². The van der Waals surface area contributed by atoms with Crippen LogP contribution in [0.2, 0.25) is 0 Å². The van der Waals surface area contributed by atoms with Crippen LogP contribution in [0, 0.1) is 11.3 Å². The molecule has 1 aliphatic rings. The van der Waals surface area contributed by atoms with Crippen molar-refractivity contribution in [3.05, 3.63) is 12.2 Å². The van der Waals surface area contributed by atoms with Gasteiger partial charge in [-0.3, -0.25) is 0 Å². The number of hydrogen-bond acceptors (Lipinski definition) is 2. The number of nitrogens with zero attached hydrogens (tertiary/aromatic N) is 1. The minimum absolute atomic E-state index is 0.331. The van der Waals surface area contributed by atoms with Crippen molar-refractivity contribution in [2.24, 2.45) is 0 Å². The molecule has 2 nitrogen and oxygen atoms in total. The minimum Gasteiger partial charge on any atom is -0.384 e. The maximum atomic E-state index is 9.82. The van der Waals surface area contributed by atoms with Crippen LogP contribution < -0.4 is 0 Å². The number of hydrogen-bond donors (Lipinski definition) is 1. The minimum atomic E-state index is -0.868. The predicted molar refractivity (Wildman–Crippen MR) is 42.8 cm³/mol. The fourth-order valence-electron chi connectivity index (χ4n) is 1.54. The molecule has 0 aromatic carbocycles. The van der Waals surface area contributed by atoms with Crippen molar-refractivity contribution in [3.8, 4) is 6.07 Å². The highest BCUT2D eigenvalue weighted by Gasteiger charge is 2.31. The zero-order chi connectivity index (χ0) is 8.32. The first kappa shape index (κ1) is 8.29. The van der Waals surface area contributed by atoms with E-state index in [9.17, 15) is 5.11 Å². The average molecular weight is 151 g/mol. The average Bonchev–Trinajstić information content (AvgIpc) is 2.04. The van der Waals surface area contributed by atoms with Crippen molar-refractivity contribution >= 4 is 0 Å². The molecule has 0 saturated heterocycles. The molecule has 1 N–H and O–H groups in total. The van der Waals surface area contributed by atoms with Crippen molar-refractivity contribution in [3.63, 3.8) is 0 Å². The second-order valence-electron chi connectivity index (χ2n) is 3.18. The first-order valence-electron chi connectivity index (χ1n) is 4.01. The van der Waals surface area contributed by atoms with Crippen molar-refractivity contribution in [2.75, 3.05) is 0 Å². The highest BCUT2D eigenvalue weighted by atomic mass is 16.3. The van der Waals surface area contributed by atoms with Crippen LogP contribution in [0.15, 0.2) is 12.2 Å². The first-order chi connectivity index (χ1) is 5.19. The van der Waals surface area contributed by atoms with Crippen LogP contribution in [0.3, 0.4) is 0 Å². The maximum absolute atomic E-state index is 9.82. The summed E-state index contributed by atoms with van der Waals surface area (Å²) >= 11 is 0. The second-order valence-corrected chi connectivity index (χ2v) is 3.18. The molecule has 0 atom stereocenters. The van der Waals surface area contributed by atoms with Gasteiger partial charge in [0.1, 0.15) is 0 Å². The number of rotatable bonds is 1. The van der Waals surface area contributed by atoms with Gasteiger partial charge in [0.2, 0.25) is 0 Å². The summed E-state index contributed by atoms with van der Waals surface area (Å²) in [6.07, 6.45) is 4.61. The predicted octanol–water partition coefficient (Wildman–Crippen LogP) is 1.76. The van der Waals surface area contributed by atoms with E-state index in [1.54, 1.807) is 0 Å². The Kier molecular flexibility index (Phi) is 2.31. The molecular weight excluding hydrogens is 138 g/mol. The standard InChI is InChI=1S/C9H13NO/c1-8(7-10)9(11)5-3-2-4-6-9/h11H,1-6H2. The summed E-state index contributed by atoms with van der Waals surface area (Å²) in [5.74, 6) is 0. The van der Waals surface area contributed by atoms with Crippen molar-refractivity contribution < 1.29 is 5.11 Å². The highest BCUT2D eigenvalue weighted by molar-refractivity contribution is 5.27. The van der Waals surface area contributed by atoms with E-state index in [0.717, 1.165) is 12.8 Å². The van der Waals surface area contributed by atoms with Crippen LogP contribution >= 0.6 is 0 Å². The summed E-state index contributed by atoms with van der Waals surface area (Å²) in [4.78, 5) is 0. The molecule has 1 saturated carbocycles. The van der Waals surface area contributed by atoms with Gasteiger partial charge in [-0.2, -0.15) is 5.26 Å². The lowest BCUT2D eigenvalue weighted by molar-refractivity contribution is 0.0442. The molecular formula is C9H13NO. The van der Waals surface area contributed by atoms with Gasteiger partial charge >= 0.3 is 0 Å². The van der Waals surface area contributed by atoms with Gasteiger partial charge in [0.25, 0.3) is 0 Å². The van der Waals surface area contributed by atoms with Crippen molar-refractivity contribution in [1.82, 2.24) is 0 Å². The Morgan fingerprint density at radius 3 is 2.36 bits per heavy atom. The molecule has 1 aliphatic carbocycles. The lowest BCUT2D eigenvalue weighted by Gasteiger charge is -2.30. The summed E-state index contributed by atoms with van der Waals surface area (Å²) in [6, 6.07) is 1.93. The Labute approximate surface area is 67.2 Å². The first-order valence-corrected chi connectivity index (χ1v) is 4.01. The molecule has 1 fully saturated rings. The fourth-order valence-corrected chi connectivity index (χ4v) is 1.54. The molecule has 0 aromatic heterocycles. The zero-order valence-electron chi connectivity index (χ0n) is 6.64. The third kappa shape index (κ3) is 1.61. The third-order valence-electron chi connectivity index (χ3n) is 2.38. The second kappa shape index (κ2) is 3.06. The van der Waals surface area contributed by atoms with E-state index in [2.05, 4.69) is 6.58 Å². The van der Waals surface area contributed by atoms with E-state index in [0.29, 0.717) is 18.4 Å². The molecule has 2 heteroatoms. The Bertz CT molecular complexity index is 196. The van der Waals surface area contributed by atoms with Crippen LogP contribution in [0.4, 0.5) is 0 Å². The van der Waals surface area contributed by atoms with Crippen molar-refractivity contribution in [2.45, 2.75) is 37.7 Å². The number of nitriles is 1. The van der Waals surface area contributed by atoms with Gasteiger partial charge in [-0.1, -0.05) is 25.8 Å². The van der Waals surface area contributed by atoms with Gasteiger partial charge in [-0.15, -0.1) is 0 Å². The molecule has 1 rings (SSSR count). The molecule has 0 aliphatic heterocycles. The van der Waals surface area contributed by atoms with Crippen molar-refractivity contribution in [1.29, 1.82) is 5.26 Å². The Morgan fingerprint density at radius 1 is 1.36 bits per heavy atom. The topological polar surface area (TPSA) is 44.0 Å². The quantitative estimate of drug-likeness (QED) is 0.580. The van der Waals surface area contributed by atoms with Crippen LogP contribution in [-0.4, -0.2) is 10.7 Å². The molecule has 11 heavy (non-hydrogen) atoms. The molecule has 60 valence electrons. The third-order valence-corrected chi connectivity index (χ3v) is 2.38.